The van der Waals surface area contributed by atoms with Crippen LogP contribution >= 0.6 is 12.2 Å². The van der Waals surface area contributed by atoms with E-state index in [0.717, 1.165) is 89.4 Å². The Labute approximate surface area is 149 Å². The fourth-order valence-electron chi connectivity index (χ4n) is 3.21. The number of nitrogens with one attached hydrogen (secondary N) is 1. The van der Waals surface area contributed by atoms with Crippen LogP contribution in [0.4, 0.5) is 0 Å². The van der Waals surface area contributed by atoms with Crippen LogP contribution in [0, 0.1) is 0 Å². The first-order valence-corrected chi connectivity index (χ1v) is 9.30. The van der Waals surface area contributed by atoms with Gasteiger partial charge in [0.05, 0.1) is 26.0 Å². The average molecular weight is 353 g/mol. The number of furan rings is 1. The summed E-state index contributed by atoms with van der Waals surface area (Å²) in [7, 11) is 0. The van der Waals surface area contributed by atoms with Crippen LogP contribution in [0.1, 0.15) is 12.2 Å². The lowest BCUT2D eigenvalue weighted by Gasteiger charge is -2.28. The van der Waals surface area contributed by atoms with Gasteiger partial charge in [0, 0.05) is 52.4 Å². The Hall–Kier alpha value is -1.15. The second-order valence-corrected chi connectivity index (χ2v) is 6.77. The maximum absolute atomic E-state index is 5.59. The molecule has 134 valence electrons. The normalized spacial score (nSPS) is 20.8. The Kier molecular flexibility index (Phi) is 6.89. The molecule has 0 unspecified atom stereocenters. The second-order valence-electron chi connectivity index (χ2n) is 6.38. The zero-order valence-electron chi connectivity index (χ0n) is 14.3. The van der Waals surface area contributed by atoms with E-state index >= 15 is 0 Å². The number of morpholine rings is 1. The van der Waals surface area contributed by atoms with Gasteiger partial charge in [0.1, 0.15) is 5.76 Å². The number of thiocarbonyl (C=S) groups is 1. The van der Waals surface area contributed by atoms with E-state index in [4.69, 9.17) is 21.4 Å². The first-order valence-electron chi connectivity index (χ1n) is 8.89. The zero-order chi connectivity index (χ0) is 16.6. The molecule has 0 saturated carbocycles. The van der Waals surface area contributed by atoms with Gasteiger partial charge < -0.3 is 19.4 Å². The Bertz CT molecular complexity index is 491. The highest BCUT2D eigenvalue weighted by molar-refractivity contribution is 7.80. The smallest absolute Gasteiger partial charge is 0.169 e. The summed E-state index contributed by atoms with van der Waals surface area (Å²) in [6.07, 6.45) is 2.87. The molecular formula is C17H28N4O2S. The van der Waals surface area contributed by atoms with Crippen LogP contribution in [-0.4, -0.2) is 85.4 Å². The lowest BCUT2D eigenvalue weighted by atomic mass is 10.3. The van der Waals surface area contributed by atoms with Crippen molar-refractivity contribution < 1.29 is 9.15 Å². The predicted octanol–water partition coefficient (Wildman–Crippen LogP) is 0.994. The van der Waals surface area contributed by atoms with E-state index in [9.17, 15) is 0 Å². The van der Waals surface area contributed by atoms with E-state index in [0.29, 0.717) is 0 Å². The molecule has 2 aliphatic rings. The highest BCUT2D eigenvalue weighted by atomic mass is 32.1. The first kappa shape index (κ1) is 17.7. The summed E-state index contributed by atoms with van der Waals surface area (Å²) < 4.78 is 10.8. The Balaban J connectivity index is 1.36. The number of ether oxygens (including phenoxy) is 1. The summed E-state index contributed by atoms with van der Waals surface area (Å²) >= 11 is 5.59. The number of hydrogen-bond donors (Lipinski definition) is 1. The van der Waals surface area contributed by atoms with E-state index in [-0.39, 0.29) is 0 Å². The highest BCUT2D eigenvalue weighted by Gasteiger charge is 2.18. The maximum Gasteiger partial charge on any atom is 0.169 e. The van der Waals surface area contributed by atoms with Gasteiger partial charge in [0.15, 0.2) is 5.11 Å². The van der Waals surface area contributed by atoms with Gasteiger partial charge in [-0.05, 0) is 30.8 Å². The van der Waals surface area contributed by atoms with Crippen molar-refractivity contribution in [2.75, 3.05) is 65.6 Å². The molecule has 24 heavy (non-hydrogen) atoms. The van der Waals surface area contributed by atoms with Crippen LogP contribution in [0.5, 0.6) is 0 Å². The van der Waals surface area contributed by atoms with Gasteiger partial charge in [-0.3, -0.25) is 9.80 Å². The Morgan fingerprint density at radius 2 is 1.96 bits per heavy atom. The van der Waals surface area contributed by atoms with Crippen molar-refractivity contribution in [1.82, 2.24) is 20.0 Å². The lowest BCUT2D eigenvalue weighted by molar-refractivity contribution is 0.0389. The molecule has 3 heterocycles. The minimum Gasteiger partial charge on any atom is -0.468 e. The monoisotopic (exact) mass is 352 g/mol. The largest absolute Gasteiger partial charge is 0.468 e. The van der Waals surface area contributed by atoms with Crippen LogP contribution in [0.15, 0.2) is 22.8 Å². The molecule has 3 rings (SSSR count). The van der Waals surface area contributed by atoms with Crippen molar-refractivity contribution in [2.24, 2.45) is 0 Å². The Morgan fingerprint density at radius 3 is 2.75 bits per heavy atom. The molecule has 1 N–H and O–H groups in total. The van der Waals surface area contributed by atoms with Crippen LogP contribution in [0.25, 0.3) is 0 Å². The van der Waals surface area contributed by atoms with Crippen LogP contribution in [0.3, 0.4) is 0 Å². The summed E-state index contributed by atoms with van der Waals surface area (Å²) in [4.78, 5) is 7.17. The molecule has 2 aliphatic heterocycles. The number of rotatable bonds is 5. The quantitative estimate of drug-likeness (QED) is 0.793. The van der Waals surface area contributed by atoms with Crippen molar-refractivity contribution in [3.63, 3.8) is 0 Å². The predicted molar refractivity (Wildman–Crippen MR) is 98.0 cm³/mol. The van der Waals surface area contributed by atoms with Crippen molar-refractivity contribution in [3.05, 3.63) is 24.2 Å². The molecule has 0 bridgehead atoms. The van der Waals surface area contributed by atoms with Crippen molar-refractivity contribution in [1.29, 1.82) is 0 Å². The van der Waals surface area contributed by atoms with Crippen molar-refractivity contribution in [3.8, 4) is 0 Å². The van der Waals surface area contributed by atoms with Crippen LogP contribution in [-0.2, 0) is 11.3 Å². The highest BCUT2D eigenvalue weighted by Crippen LogP contribution is 2.09. The molecule has 2 saturated heterocycles. The summed E-state index contributed by atoms with van der Waals surface area (Å²) in [5.41, 5.74) is 0. The van der Waals surface area contributed by atoms with Crippen molar-refractivity contribution >= 4 is 17.3 Å². The van der Waals surface area contributed by atoms with Gasteiger partial charge in [-0.25, -0.2) is 0 Å². The summed E-state index contributed by atoms with van der Waals surface area (Å²) in [5.74, 6) is 1.04. The van der Waals surface area contributed by atoms with E-state index in [1.807, 2.05) is 12.1 Å². The summed E-state index contributed by atoms with van der Waals surface area (Å²) in [5, 5.41) is 4.32. The van der Waals surface area contributed by atoms with E-state index in [2.05, 4.69) is 20.0 Å². The molecule has 2 fully saturated rings. The van der Waals surface area contributed by atoms with Gasteiger partial charge in [-0.15, -0.1) is 0 Å². The minimum atomic E-state index is 0.849. The zero-order valence-corrected chi connectivity index (χ0v) is 15.1. The molecule has 7 heteroatoms. The van der Waals surface area contributed by atoms with Gasteiger partial charge >= 0.3 is 0 Å². The topological polar surface area (TPSA) is 44.1 Å². The maximum atomic E-state index is 5.59. The third-order valence-corrected chi connectivity index (χ3v) is 5.05. The SMILES string of the molecule is S=C(NCCN1CCOCC1)N1CCCN(Cc2ccco2)CC1. The molecule has 0 radical (unpaired) electrons. The summed E-state index contributed by atoms with van der Waals surface area (Å²) in [6, 6.07) is 3.99. The molecule has 6 nitrogen and oxygen atoms in total. The fourth-order valence-corrected chi connectivity index (χ4v) is 3.50. The van der Waals surface area contributed by atoms with Gasteiger partial charge in [0.2, 0.25) is 0 Å². The van der Waals surface area contributed by atoms with Crippen LogP contribution < -0.4 is 5.32 Å². The molecule has 0 aromatic carbocycles. The minimum absolute atomic E-state index is 0.849. The average Bonchev–Trinajstić information content (AvgIpc) is 3.00. The van der Waals surface area contributed by atoms with E-state index in [1.165, 1.54) is 0 Å². The first-order chi connectivity index (χ1) is 11.8. The van der Waals surface area contributed by atoms with Gasteiger partial charge in [0.25, 0.3) is 0 Å². The lowest BCUT2D eigenvalue weighted by Crippen LogP contribution is -2.46. The van der Waals surface area contributed by atoms with Crippen molar-refractivity contribution in [2.45, 2.75) is 13.0 Å². The summed E-state index contributed by atoms with van der Waals surface area (Å²) in [6.45, 7) is 10.7. The Morgan fingerprint density at radius 1 is 1.08 bits per heavy atom. The molecule has 0 atom stereocenters. The fraction of sp³-hybridized carbons (Fsp3) is 0.706. The third-order valence-electron chi connectivity index (χ3n) is 4.64. The third kappa shape index (κ3) is 5.44. The molecule has 1 aromatic rings. The molecule has 1 aromatic heterocycles. The molecule has 0 spiro atoms. The standard InChI is InChI=1S/C17H28N4O2S/c24-17(18-4-7-19-10-13-22-14-11-19)21-6-2-5-20(8-9-21)15-16-3-1-12-23-16/h1,3,12H,2,4-11,13-15H2,(H,18,24). The van der Waals surface area contributed by atoms with Crippen LogP contribution in [0.2, 0.25) is 0 Å². The van der Waals surface area contributed by atoms with Gasteiger partial charge in [-0.2, -0.15) is 0 Å². The molecular weight excluding hydrogens is 324 g/mol. The number of hydrogen-bond acceptors (Lipinski definition) is 5. The van der Waals surface area contributed by atoms with Gasteiger partial charge in [-0.1, -0.05) is 0 Å². The molecule has 0 aliphatic carbocycles. The molecule has 0 amide bonds. The second kappa shape index (κ2) is 9.36. The van der Waals surface area contributed by atoms with E-state index < -0.39 is 0 Å². The van der Waals surface area contributed by atoms with E-state index in [1.54, 1.807) is 6.26 Å². The number of nitrogens with zero attached hydrogens (tertiary/aromatic N) is 3.